The molecule has 1 heterocycles. The molecule has 1 atom stereocenters. The molecule has 0 spiro atoms. The molecule has 1 unspecified atom stereocenters. The molecule has 0 bridgehead atoms. The fourth-order valence-electron chi connectivity index (χ4n) is 1.97. The van der Waals surface area contributed by atoms with Crippen LogP contribution in [0.4, 0.5) is 4.39 Å². The van der Waals surface area contributed by atoms with Crippen LogP contribution in [0.5, 0.6) is 0 Å². The standard InChI is InChI=1S/C12H14FNO2.ClH/c1-16-11(15)12(6-7-14-12)8-9-2-4-10(13)5-3-9;/h2-5,14H,6-8H2,1H3;1H. The first-order valence-electron chi connectivity index (χ1n) is 5.24. The SMILES string of the molecule is COC(=O)C1(Cc2ccc(F)cc2)CCN1.Cl. The van der Waals surface area contributed by atoms with Crippen molar-refractivity contribution in [2.75, 3.05) is 13.7 Å². The van der Waals surface area contributed by atoms with Gasteiger partial charge in [0.05, 0.1) is 7.11 Å². The Labute approximate surface area is 106 Å². The van der Waals surface area contributed by atoms with Crippen LogP contribution in [-0.2, 0) is 16.0 Å². The predicted molar refractivity (Wildman–Crippen MR) is 64.7 cm³/mol. The van der Waals surface area contributed by atoms with Crippen LogP contribution in [0, 0.1) is 5.82 Å². The quantitative estimate of drug-likeness (QED) is 0.840. The number of carbonyl (C=O) groups excluding carboxylic acids is 1. The molecular formula is C12H15ClFNO2. The molecule has 17 heavy (non-hydrogen) atoms. The molecular weight excluding hydrogens is 245 g/mol. The van der Waals surface area contributed by atoms with Crippen molar-refractivity contribution in [2.24, 2.45) is 0 Å². The van der Waals surface area contributed by atoms with E-state index in [-0.39, 0.29) is 24.2 Å². The number of hydrogen-bond donors (Lipinski definition) is 1. The Kier molecular flexibility index (Phi) is 4.48. The normalized spacial score (nSPS) is 22.2. The van der Waals surface area contributed by atoms with Gasteiger partial charge >= 0.3 is 5.97 Å². The summed E-state index contributed by atoms with van der Waals surface area (Å²) in [6.07, 6.45) is 1.30. The number of nitrogens with one attached hydrogen (secondary N) is 1. The van der Waals surface area contributed by atoms with Gasteiger partial charge in [-0.3, -0.25) is 4.79 Å². The van der Waals surface area contributed by atoms with E-state index in [1.165, 1.54) is 19.2 Å². The van der Waals surface area contributed by atoms with E-state index in [4.69, 9.17) is 4.74 Å². The van der Waals surface area contributed by atoms with Gasteiger partial charge in [0.2, 0.25) is 0 Å². The largest absolute Gasteiger partial charge is 0.468 e. The monoisotopic (exact) mass is 259 g/mol. The molecule has 94 valence electrons. The Bertz CT molecular complexity index is 390. The van der Waals surface area contributed by atoms with E-state index >= 15 is 0 Å². The summed E-state index contributed by atoms with van der Waals surface area (Å²) in [5.74, 6) is -0.513. The highest BCUT2D eigenvalue weighted by atomic mass is 35.5. The van der Waals surface area contributed by atoms with E-state index in [0.717, 1.165) is 18.5 Å². The van der Waals surface area contributed by atoms with E-state index in [1.54, 1.807) is 12.1 Å². The Hall–Kier alpha value is -1.13. The van der Waals surface area contributed by atoms with Crippen LogP contribution < -0.4 is 5.32 Å². The third-order valence-electron chi connectivity index (χ3n) is 3.01. The van der Waals surface area contributed by atoms with Gasteiger partial charge in [-0.15, -0.1) is 12.4 Å². The molecule has 0 radical (unpaired) electrons. The summed E-state index contributed by atoms with van der Waals surface area (Å²) < 4.78 is 17.5. The summed E-state index contributed by atoms with van der Waals surface area (Å²) in [6.45, 7) is 0.816. The van der Waals surface area contributed by atoms with E-state index in [2.05, 4.69) is 5.32 Å². The summed E-state index contributed by atoms with van der Waals surface area (Å²) in [4.78, 5) is 11.6. The molecule has 1 aromatic rings. The minimum absolute atomic E-state index is 0. The van der Waals surface area contributed by atoms with Gasteiger partial charge in [0.15, 0.2) is 0 Å². The Morgan fingerprint density at radius 2 is 2.06 bits per heavy atom. The summed E-state index contributed by atoms with van der Waals surface area (Å²) in [5.41, 5.74) is 0.325. The van der Waals surface area contributed by atoms with Gasteiger partial charge in [0.1, 0.15) is 11.4 Å². The van der Waals surface area contributed by atoms with Crippen LogP contribution in [0.3, 0.4) is 0 Å². The van der Waals surface area contributed by atoms with Crippen molar-refractivity contribution in [3.05, 3.63) is 35.6 Å². The minimum Gasteiger partial charge on any atom is -0.468 e. The topological polar surface area (TPSA) is 38.3 Å². The van der Waals surface area contributed by atoms with Crippen molar-refractivity contribution in [3.63, 3.8) is 0 Å². The molecule has 0 saturated carbocycles. The molecule has 1 aliphatic heterocycles. The highest BCUT2D eigenvalue weighted by molar-refractivity contribution is 5.85. The number of halogens is 2. The first-order chi connectivity index (χ1) is 7.66. The van der Waals surface area contributed by atoms with Gasteiger partial charge in [-0.25, -0.2) is 4.39 Å². The molecule has 3 nitrogen and oxygen atoms in total. The second-order valence-corrected chi connectivity index (χ2v) is 4.05. The lowest BCUT2D eigenvalue weighted by atomic mass is 9.82. The summed E-state index contributed by atoms with van der Waals surface area (Å²) >= 11 is 0. The second-order valence-electron chi connectivity index (χ2n) is 4.05. The highest BCUT2D eigenvalue weighted by Crippen LogP contribution is 2.25. The van der Waals surface area contributed by atoms with Gasteiger partial charge in [0.25, 0.3) is 0 Å². The number of rotatable bonds is 3. The molecule has 1 aliphatic rings. The van der Waals surface area contributed by atoms with Gasteiger partial charge in [-0.05, 0) is 30.7 Å². The molecule has 0 amide bonds. The van der Waals surface area contributed by atoms with Crippen LogP contribution >= 0.6 is 12.4 Å². The average Bonchev–Trinajstić information content (AvgIpc) is 2.25. The Morgan fingerprint density at radius 1 is 1.47 bits per heavy atom. The number of esters is 1. The van der Waals surface area contributed by atoms with Crippen molar-refractivity contribution in [1.82, 2.24) is 5.32 Å². The maximum Gasteiger partial charge on any atom is 0.326 e. The molecule has 0 aliphatic carbocycles. The number of hydrogen-bond acceptors (Lipinski definition) is 3. The molecule has 0 aromatic heterocycles. The summed E-state index contributed by atoms with van der Waals surface area (Å²) in [7, 11) is 1.38. The van der Waals surface area contributed by atoms with Crippen molar-refractivity contribution in [1.29, 1.82) is 0 Å². The number of carbonyl (C=O) groups is 1. The van der Waals surface area contributed by atoms with E-state index in [0.29, 0.717) is 6.42 Å². The van der Waals surface area contributed by atoms with Crippen molar-refractivity contribution < 1.29 is 13.9 Å². The number of methoxy groups -OCH3 is 1. The zero-order valence-corrected chi connectivity index (χ0v) is 10.3. The zero-order chi connectivity index (χ0) is 11.6. The van der Waals surface area contributed by atoms with Gasteiger partial charge in [0, 0.05) is 6.42 Å². The number of ether oxygens (including phenoxy) is 1. The van der Waals surface area contributed by atoms with Crippen LogP contribution in [0.2, 0.25) is 0 Å². The number of benzene rings is 1. The lowest BCUT2D eigenvalue weighted by Crippen LogP contribution is -2.64. The lowest BCUT2D eigenvalue weighted by molar-refractivity contribution is -0.152. The third-order valence-corrected chi connectivity index (χ3v) is 3.01. The molecule has 1 saturated heterocycles. The van der Waals surface area contributed by atoms with Crippen molar-refractivity contribution >= 4 is 18.4 Å². The van der Waals surface area contributed by atoms with E-state index in [9.17, 15) is 9.18 Å². The Morgan fingerprint density at radius 3 is 2.47 bits per heavy atom. The zero-order valence-electron chi connectivity index (χ0n) is 9.53. The fraction of sp³-hybridized carbons (Fsp3) is 0.417. The van der Waals surface area contributed by atoms with Crippen molar-refractivity contribution in [3.8, 4) is 0 Å². The molecule has 1 N–H and O–H groups in total. The van der Waals surface area contributed by atoms with Gasteiger partial charge < -0.3 is 10.1 Å². The van der Waals surface area contributed by atoms with Crippen LogP contribution in [-0.4, -0.2) is 25.2 Å². The van der Waals surface area contributed by atoms with Crippen molar-refractivity contribution in [2.45, 2.75) is 18.4 Å². The van der Waals surface area contributed by atoms with E-state index in [1.807, 2.05) is 0 Å². The molecule has 2 rings (SSSR count). The Balaban J connectivity index is 0.00000144. The smallest absolute Gasteiger partial charge is 0.326 e. The molecule has 1 fully saturated rings. The van der Waals surface area contributed by atoms with Crippen LogP contribution in [0.1, 0.15) is 12.0 Å². The minimum atomic E-state index is -0.605. The van der Waals surface area contributed by atoms with Crippen LogP contribution in [0.15, 0.2) is 24.3 Å². The first kappa shape index (κ1) is 13.9. The molecule has 1 aromatic carbocycles. The van der Waals surface area contributed by atoms with Crippen LogP contribution in [0.25, 0.3) is 0 Å². The summed E-state index contributed by atoms with van der Waals surface area (Å²) in [5, 5.41) is 3.10. The lowest BCUT2D eigenvalue weighted by Gasteiger charge is -2.40. The van der Waals surface area contributed by atoms with Gasteiger partial charge in [-0.2, -0.15) is 0 Å². The maximum atomic E-state index is 12.7. The average molecular weight is 260 g/mol. The fourth-order valence-corrected chi connectivity index (χ4v) is 1.97. The maximum absolute atomic E-state index is 12.7. The predicted octanol–water partition coefficient (Wildman–Crippen LogP) is 1.70. The second kappa shape index (κ2) is 5.47. The van der Waals surface area contributed by atoms with Gasteiger partial charge in [-0.1, -0.05) is 12.1 Å². The van der Waals surface area contributed by atoms with E-state index < -0.39 is 5.54 Å². The molecule has 5 heteroatoms. The first-order valence-corrected chi connectivity index (χ1v) is 5.24. The third kappa shape index (κ3) is 2.76. The highest BCUT2D eigenvalue weighted by Gasteiger charge is 2.44. The summed E-state index contributed by atoms with van der Waals surface area (Å²) in [6, 6.07) is 6.19.